The van der Waals surface area contributed by atoms with Crippen LogP contribution < -0.4 is 9.04 Å². The first kappa shape index (κ1) is 17.0. The summed E-state index contributed by atoms with van der Waals surface area (Å²) in [5.41, 5.74) is 1.48. The van der Waals surface area contributed by atoms with Crippen LogP contribution in [-0.4, -0.2) is 12.4 Å². The van der Waals surface area contributed by atoms with Gasteiger partial charge in [-0.1, -0.05) is 37.6 Å². The maximum atomic E-state index is 14.1. The Bertz CT molecular complexity index is 636. The van der Waals surface area contributed by atoms with Crippen LogP contribution >= 0.6 is 23.5 Å². The fraction of sp³-hybridized carbons (Fsp3) is 0.294. The maximum Gasteiger partial charge on any atom is 0.147 e. The molecule has 0 unspecified atom stereocenters. The Morgan fingerprint density at radius 1 is 1.23 bits per heavy atom. The topological polar surface area (TPSA) is 12.5 Å². The van der Waals surface area contributed by atoms with Crippen LogP contribution in [0.5, 0.6) is 5.75 Å². The van der Waals surface area contributed by atoms with Crippen LogP contribution in [0.2, 0.25) is 5.02 Å². The Morgan fingerprint density at radius 2 is 1.95 bits per heavy atom. The number of ether oxygens (including phenoxy) is 1. The zero-order valence-electron chi connectivity index (χ0n) is 12.8. The average molecular weight is 340 g/mol. The minimum absolute atomic E-state index is 0.239. The molecule has 0 aliphatic heterocycles. The van der Waals surface area contributed by atoms with Gasteiger partial charge in [0.05, 0.1) is 19.3 Å². The summed E-state index contributed by atoms with van der Waals surface area (Å²) < 4.78 is 21.5. The summed E-state index contributed by atoms with van der Waals surface area (Å²) in [7, 11) is 1.62. The highest BCUT2D eigenvalue weighted by Crippen LogP contribution is 2.33. The molecule has 0 bridgehead atoms. The molecule has 2 rings (SSSR count). The molecule has 0 fully saturated rings. The number of methoxy groups -OCH3 is 1. The lowest BCUT2D eigenvalue weighted by atomic mass is 10.2. The molecule has 0 radical (unpaired) electrons. The highest BCUT2D eigenvalue weighted by atomic mass is 35.5. The van der Waals surface area contributed by atoms with Crippen LogP contribution in [0.1, 0.15) is 19.4 Å². The molecule has 118 valence electrons. The van der Waals surface area contributed by atoms with Crippen LogP contribution in [0, 0.1) is 5.82 Å². The molecule has 5 heteroatoms. The number of halogens is 2. The van der Waals surface area contributed by atoms with Gasteiger partial charge in [-0.3, -0.25) is 0 Å². The van der Waals surface area contributed by atoms with E-state index < -0.39 is 0 Å². The molecular formula is C17H19ClFNOS. The number of rotatable bonds is 6. The first-order valence-electron chi connectivity index (χ1n) is 7.02. The zero-order valence-corrected chi connectivity index (χ0v) is 14.4. The Morgan fingerprint density at radius 3 is 2.59 bits per heavy atom. The molecule has 0 N–H and O–H groups in total. The largest absolute Gasteiger partial charge is 0.496 e. The van der Waals surface area contributed by atoms with Gasteiger partial charge in [-0.05, 0) is 42.3 Å². The van der Waals surface area contributed by atoms with Crippen molar-refractivity contribution in [2.75, 3.05) is 11.4 Å². The molecule has 0 saturated carbocycles. The number of nitrogens with zero attached hydrogens (tertiary/aromatic N) is 1. The van der Waals surface area contributed by atoms with Crippen molar-refractivity contribution >= 4 is 29.2 Å². The number of anilines is 1. The Kier molecular flexibility index (Phi) is 5.98. The van der Waals surface area contributed by atoms with Crippen LogP contribution in [-0.2, 0) is 6.54 Å². The molecule has 0 aliphatic rings. The standard InChI is InChI=1S/C17H19ClFNOS/c1-12(2)22-20(16-7-5-4-6-15(16)19)11-13-10-14(18)8-9-17(13)21-3/h4-10,12H,11H2,1-3H3. The lowest BCUT2D eigenvalue weighted by Gasteiger charge is -2.26. The molecular weight excluding hydrogens is 321 g/mol. The summed E-state index contributed by atoms with van der Waals surface area (Å²) in [6, 6.07) is 12.2. The Balaban J connectivity index is 2.35. The van der Waals surface area contributed by atoms with E-state index in [9.17, 15) is 4.39 Å². The van der Waals surface area contributed by atoms with Crippen molar-refractivity contribution in [3.05, 3.63) is 58.9 Å². The van der Waals surface area contributed by atoms with Gasteiger partial charge >= 0.3 is 0 Å². The smallest absolute Gasteiger partial charge is 0.147 e. The first-order chi connectivity index (χ1) is 10.5. The highest BCUT2D eigenvalue weighted by molar-refractivity contribution is 8.01. The lowest BCUT2D eigenvalue weighted by molar-refractivity contribution is 0.410. The summed E-state index contributed by atoms with van der Waals surface area (Å²) in [5.74, 6) is 0.506. The van der Waals surface area contributed by atoms with Gasteiger partial charge in [0.25, 0.3) is 0 Å². The first-order valence-corrected chi connectivity index (χ1v) is 8.24. The number of hydrogen-bond acceptors (Lipinski definition) is 3. The third-order valence-electron chi connectivity index (χ3n) is 3.02. The minimum atomic E-state index is -0.239. The van der Waals surface area contributed by atoms with E-state index in [1.54, 1.807) is 37.3 Å². The van der Waals surface area contributed by atoms with Crippen molar-refractivity contribution in [1.82, 2.24) is 0 Å². The molecule has 0 spiro atoms. The molecule has 2 aromatic carbocycles. The Hall–Kier alpha value is -1.39. The van der Waals surface area contributed by atoms with Crippen molar-refractivity contribution in [2.24, 2.45) is 0 Å². The fourth-order valence-corrected chi connectivity index (χ4v) is 3.29. The van der Waals surface area contributed by atoms with E-state index in [0.29, 0.717) is 22.5 Å². The molecule has 0 saturated heterocycles. The third-order valence-corrected chi connectivity index (χ3v) is 4.25. The molecule has 22 heavy (non-hydrogen) atoms. The van der Waals surface area contributed by atoms with E-state index >= 15 is 0 Å². The van der Waals surface area contributed by atoms with Gasteiger partial charge in [0.1, 0.15) is 11.6 Å². The van der Waals surface area contributed by atoms with E-state index in [-0.39, 0.29) is 5.82 Å². The van der Waals surface area contributed by atoms with E-state index in [4.69, 9.17) is 16.3 Å². The number of hydrogen-bond donors (Lipinski definition) is 0. The van der Waals surface area contributed by atoms with Crippen molar-refractivity contribution in [3.63, 3.8) is 0 Å². The second kappa shape index (κ2) is 7.75. The van der Waals surface area contributed by atoms with Crippen molar-refractivity contribution < 1.29 is 9.13 Å². The van der Waals surface area contributed by atoms with Gasteiger partial charge in [0.15, 0.2) is 0 Å². The predicted octanol–water partition coefficient (Wildman–Crippen LogP) is 5.55. The molecule has 2 nitrogen and oxygen atoms in total. The van der Waals surface area contributed by atoms with Gasteiger partial charge in [0, 0.05) is 15.8 Å². The molecule has 0 heterocycles. The third kappa shape index (κ3) is 4.31. The number of benzene rings is 2. The lowest BCUT2D eigenvalue weighted by Crippen LogP contribution is -2.18. The second-order valence-corrected chi connectivity index (χ2v) is 7.13. The van der Waals surface area contributed by atoms with Crippen LogP contribution in [0.4, 0.5) is 10.1 Å². The van der Waals surface area contributed by atoms with Gasteiger partial charge in [-0.25, -0.2) is 4.39 Å². The summed E-state index contributed by atoms with van der Waals surface area (Å²) >= 11 is 7.67. The summed E-state index contributed by atoms with van der Waals surface area (Å²) in [6.45, 7) is 4.66. The van der Waals surface area contributed by atoms with E-state index in [1.807, 2.05) is 22.5 Å². The summed E-state index contributed by atoms with van der Waals surface area (Å²) in [4.78, 5) is 0. The second-order valence-electron chi connectivity index (χ2n) is 5.10. The average Bonchev–Trinajstić information content (AvgIpc) is 2.47. The van der Waals surface area contributed by atoms with Gasteiger partial charge in [0.2, 0.25) is 0 Å². The van der Waals surface area contributed by atoms with Crippen LogP contribution in [0.3, 0.4) is 0 Å². The molecule has 0 aromatic heterocycles. The SMILES string of the molecule is COc1ccc(Cl)cc1CN(SC(C)C)c1ccccc1F. The Labute approximate surface area is 140 Å². The molecule has 0 atom stereocenters. The number of para-hydroxylation sites is 1. The summed E-state index contributed by atoms with van der Waals surface area (Å²) in [5, 5.41) is 0.962. The normalized spacial score (nSPS) is 10.8. The molecule has 2 aromatic rings. The minimum Gasteiger partial charge on any atom is -0.496 e. The van der Waals surface area contributed by atoms with Crippen molar-refractivity contribution in [3.8, 4) is 5.75 Å². The van der Waals surface area contributed by atoms with Gasteiger partial charge in [-0.2, -0.15) is 0 Å². The van der Waals surface area contributed by atoms with Crippen LogP contribution in [0.25, 0.3) is 0 Å². The van der Waals surface area contributed by atoms with E-state index in [1.165, 1.54) is 6.07 Å². The van der Waals surface area contributed by atoms with Crippen LogP contribution in [0.15, 0.2) is 42.5 Å². The van der Waals surface area contributed by atoms with E-state index in [2.05, 4.69) is 13.8 Å². The fourth-order valence-electron chi connectivity index (χ4n) is 2.11. The van der Waals surface area contributed by atoms with Crippen molar-refractivity contribution in [1.29, 1.82) is 0 Å². The van der Waals surface area contributed by atoms with Gasteiger partial charge in [-0.15, -0.1) is 0 Å². The monoisotopic (exact) mass is 339 g/mol. The van der Waals surface area contributed by atoms with E-state index in [0.717, 1.165) is 11.3 Å². The molecule has 0 aliphatic carbocycles. The zero-order chi connectivity index (χ0) is 16.1. The van der Waals surface area contributed by atoms with Gasteiger partial charge < -0.3 is 9.04 Å². The maximum absolute atomic E-state index is 14.1. The summed E-state index contributed by atoms with van der Waals surface area (Å²) in [6.07, 6.45) is 0. The van der Waals surface area contributed by atoms with Crippen molar-refractivity contribution in [2.45, 2.75) is 25.6 Å². The quantitative estimate of drug-likeness (QED) is 0.640. The molecule has 0 amide bonds. The highest BCUT2D eigenvalue weighted by Gasteiger charge is 2.16. The predicted molar refractivity (Wildman–Crippen MR) is 93.3 cm³/mol.